The van der Waals surface area contributed by atoms with E-state index in [9.17, 15) is 0 Å². The molecule has 0 aromatic heterocycles. The Kier molecular flexibility index (Phi) is 4.09. The van der Waals surface area contributed by atoms with E-state index in [1.807, 2.05) is 42.5 Å². The van der Waals surface area contributed by atoms with Crippen molar-refractivity contribution in [2.45, 2.75) is 5.92 Å². The van der Waals surface area contributed by atoms with Crippen molar-refractivity contribution in [3.63, 3.8) is 0 Å². The van der Waals surface area contributed by atoms with Crippen LogP contribution in [-0.2, 0) is 0 Å². The second kappa shape index (κ2) is 6.34. The first-order chi connectivity index (χ1) is 10.4. The lowest BCUT2D eigenvalue weighted by Crippen LogP contribution is -2.11. The lowest BCUT2D eigenvalue weighted by molar-refractivity contribution is 0.248. The SMILES string of the molecule is NCC#Cc1ccc(OCC2COc3ccccc32)cc1. The van der Waals surface area contributed by atoms with Crippen molar-refractivity contribution < 1.29 is 9.47 Å². The molecule has 1 atom stereocenters. The average molecular weight is 279 g/mol. The van der Waals surface area contributed by atoms with Crippen molar-refractivity contribution in [3.05, 3.63) is 59.7 Å². The van der Waals surface area contributed by atoms with Gasteiger partial charge in [-0.25, -0.2) is 0 Å². The topological polar surface area (TPSA) is 44.5 Å². The van der Waals surface area contributed by atoms with Crippen LogP contribution < -0.4 is 15.2 Å². The Morgan fingerprint density at radius 1 is 1.14 bits per heavy atom. The number of nitrogens with two attached hydrogens (primary N) is 1. The van der Waals surface area contributed by atoms with Crippen LogP contribution in [0.3, 0.4) is 0 Å². The van der Waals surface area contributed by atoms with Gasteiger partial charge in [0, 0.05) is 11.1 Å². The van der Waals surface area contributed by atoms with Gasteiger partial charge in [0.2, 0.25) is 0 Å². The molecular weight excluding hydrogens is 262 g/mol. The number of ether oxygens (including phenoxy) is 2. The summed E-state index contributed by atoms with van der Waals surface area (Å²) < 4.78 is 11.5. The van der Waals surface area contributed by atoms with Crippen molar-refractivity contribution in [3.8, 4) is 23.3 Å². The van der Waals surface area contributed by atoms with E-state index in [-0.39, 0.29) is 5.92 Å². The standard InChI is InChI=1S/C18H17NO2/c19-11-3-4-14-7-9-16(10-8-14)20-12-15-13-21-18-6-2-1-5-17(15)18/h1-2,5-10,15H,11-13,19H2. The number of hydrogen-bond acceptors (Lipinski definition) is 3. The number of para-hydroxylation sites is 1. The zero-order chi connectivity index (χ0) is 14.5. The molecule has 0 amide bonds. The Labute approximate surface area is 124 Å². The highest BCUT2D eigenvalue weighted by Crippen LogP contribution is 2.33. The molecule has 0 saturated carbocycles. The zero-order valence-electron chi connectivity index (χ0n) is 11.7. The van der Waals surface area contributed by atoms with Crippen LogP contribution >= 0.6 is 0 Å². The smallest absolute Gasteiger partial charge is 0.123 e. The van der Waals surface area contributed by atoms with Crippen molar-refractivity contribution in [1.82, 2.24) is 0 Å². The normalized spacial score (nSPS) is 15.6. The van der Waals surface area contributed by atoms with Crippen molar-refractivity contribution >= 4 is 0 Å². The molecule has 1 unspecified atom stereocenters. The minimum absolute atomic E-state index is 0.290. The molecule has 2 aromatic rings. The van der Waals surface area contributed by atoms with Gasteiger partial charge < -0.3 is 15.2 Å². The molecule has 0 bridgehead atoms. The summed E-state index contributed by atoms with van der Waals surface area (Å²) in [6.45, 7) is 1.67. The molecule has 0 fully saturated rings. The molecule has 106 valence electrons. The molecular formula is C18H17NO2. The number of rotatable bonds is 3. The van der Waals surface area contributed by atoms with E-state index >= 15 is 0 Å². The fraction of sp³-hybridized carbons (Fsp3) is 0.222. The third kappa shape index (κ3) is 3.18. The van der Waals surface area contributed by atoms with E-state index in [2.05, 4.69) is 17.9 Å². The third-order valence-corrected chi connectivity index (χ3v) is 3.44. The molecule has 0 aliphatic carbocycles. The minimum atomic E-state index is 0.290. The van der Waals surface area contributed by atoms with E-state index in [1.165, 1.54) is 5.56 Å². The lowest BCUT2D eigenvalue weighted by atomic mass is 10.0. The quantitative estimate of drug-likeness (QED) is 0.878. The molecule has 3 heteroatoms. The highest BCUT2D eigenvalue weighted by molar-refractivity contribution is 5.40. The van der Waals surface area contributed by atoms with Crippen LogP contribution in [0.5, 0.6) is 11.5 Å². The molecule has 3 nitrogen and oxygen atoms in total. The van der Waals surface area contributed by atoms with Gasteiger partial charge >= 0.3 is 0 Å². The van der Waals surface area contributed by atoms with Gasteiger partial charge in [-0.05, 0) is 30.3 Å². The maximum atomic E-state index is 5.85. The monoisotopic (exact) mass is 279 g/mol. The molecule has 3 rings (SSSR count). The predicted molar refractivity (Wildman–Crippen MR) is 82.5 cm³/mol. The maximum Gasteiger partial charge on any atom is 0.123 e. The van der Waals surface area contributed by atoms with Gasteiger partial charge in [0.05, 0.1) is 25.7 Å². The van der Waals surface area contributed by atoms with E-state index in [4.69, 9.17) is 15.2 Å². The summed E-state index contributed by atoms with van der Waals surface area (Å²) in [4.78, 5) is 0. The maximum absolute atomic E-state index is 5.85. The predicted octanol–water partition coefficient (Wildman–Crippen LogP) is 2.55. The summed E-state index contributed by atoms with van der Waals surface area (Å²) in [5.74, 6) is 7.93. The summed E-state index contributed by atoms with van der Waals surface area (Å²) in [5, 5.41) is 0. The van der Waals surface area contributed by atoms with Gasteiger partial charge in [-0.2, -0.15) is 0 Å². The molecule has 1 aliphatic heterocycles. The Balaban J connectivity index is 1.61. The van der Waals surface area contributed by atoms with Crippen molar-refractivity contribution in [1.29, 1.82) is 0 Å². The van der Waals surface area contributed by atoms with Crippen molar-refractivity contribution in [2.75, 3.05) is 19.8 Å². The molecule has 1 aliphatic rings. The average Bonchev–Trinajstić information content (AvgIpc) is 2.95. The van der Waals surface area contributed by atoms with Crippen molar-refractivity contribution in [2.24, 2.45) is 5.73 Å². The van der Waals surface area contributed by atoms with Gasteiger partial charge in [-0.15, -0.1) is 0 Å². The first-order valence-electron chi connectivity index (χ1n) is 7.00. The first-order valence-corrected chi connectivity index (χ1v) is 7.00. The molecule has 2 aromatic carbocycles. The number of hydrogen-bond donors (Lipinski definition) is 1. The van der Waals surface area contributed by atoms with Gasteiger partial charge in [0.25, 0.3) is 0 Å². The Morgan fingerprint density at radius 2 is 1.95 bits per heavy atom. The largest absolute Gasteiger partial charge is 0.493 e. The molecule has 0 spiro atoms. The van der Waals surface area contributed by atoms with Gasteiger partial charge in [0.1, 0.15) is 11.5 Å². The van der Waals surface area contributed by atoms with E-state index < -0.39 is 0 Å². The fourth-order valence-electron chi connectivity index (χ4n) is 2.35. The molecule has 0 radical (unpaired) electrons. The van der Waals surface area contributed by atoms with Crippen LogP contribution in [0.1, 0.15) is 17.0 Å². The summed E-state index contributed by atoms with van der Waals surface area (Å²) in [5.41, 5.74) is 7.52. The van der Waals surface area contributed by atoms with Crippen LogP contribution in [0.25, 0.3) is 0 Å². The minimum Gasteiger partial charge on any atom is -0.493 e. The van der Waals surface area contributed by atoms with Crippen LogP contribution in [0.15, 0.2) is 48.5 Å². The molecule has 21 heavy (non-hydrogen) atoms. The van der Waals surface area contributed by atoms with E-state index in [0.29, 0.717) is 19.8 Å². The Morgan fingerprint density at radius 3 is 2.76 bits per heavy atom. The Hall–Kier alpha value is -2.44. The summed E-state index contributed by atoms with van der Waals surface area (Å²) in [6.07, 6.45) is 0. The van der Waals surface area contributed by atoms with E-state index in [1.54, 1.807) is 0 Å². The Bertz CT molecular complexity index is 668. The van der Waals surface area contributed by atoms with Crippen LogP contribution in [0.2, 0.25) is 0 Å². The highest BCUT2D eigenvalue weighted by atomic mass is 16.5. The summed E-state index contributed by atoms with van der Waals surface area (Å²) >= 11 is 0. The second-order valence-corrected chi connectivity index (χ2v) is 4.89. The zero-order valence-corrected chi connectivity index (χ0v) is 11.7. The highest BCUT2D eigenvalue weighted by Gasteiger charge is 2.23. The second-order valence-electron chi connectivity index (χ2n) is 4.89. The van der Waals surface area contributed by atoms with Crippen LogP contribution in [-0.4, -0.2) is 19.8 Å². The van der Waals surface area contributed by atoms with Crippen LogP contribution in [0, 0.1) is 11.8 Å². The van der Waals surface area contributed by atoms with Crippen LogP contribution in [0.4, 0.5) is 0 Å². The molecule has 2 N–H and O–H groups in total. The number of fused-ring (bicyclic) bond motifs is 1. The molecule has 0 saturated heterocycles. The third-order valence-electron chi connectivity index (χ3n) is 3.44. The summed E-state index contributed by atoms with van der Waals surface area (Å²) in [6, 6.07) is 15.9. The molecule has 1 heterocycles. The van der Waals surface area contributed by atoms with E-state index in [0.717, 1.165) is 17.1 Å². The fourth-order valence-corrected chi connectivity index (χ4v) is 2.35. The first kappa shape index (κ1) is 13.5. The van der Waals surface area contributed by atoms with Gasteiger partial charge in [0.15, 0.2) is 0 Å². The lowest BCUT2D eigenvalue weighted by Gasteiger charge is -2.11. The van der Waals surface area contributed by atoms with Gasteiger partial charge in [-0.1, -0.05) is 30.0 Å². The van der Waals surface area contributed by atoms with Gasteiger partial charge in [-0.3, -0.25) is 0 Å². The number of benzene rings is 2. The summed E-state index contributed by atoms with van der Waals surface area (Å²) in [7, 11) is 0.